The van der Waals surface area contributed by atoms with Gasteiger partial charge in [0.25, 0.3) is 0 Å². The van der Waals surface area contributed by atoms with Gasteiger partial charge >= 0.3 is 0 Å². The van der Waals surface area contributed by atoms with Crippen LogP contribution in [0, 0.1) is 20.8 Å². The standard InChI is InChI=1S/C28H23N3O/c1-18-7-9-21(10-8-18)22-11-12-24-23(17-22)26(13-15-30-24)32-27-16-19(2)20(3)31-28(27)25-6-4-5-14-29-25/h4-17H,1-3H3. The molecule has 3 heterocycles. The van der Waals surface area contributed by atoms with Crippen LogP contribution in [0.15, 0.2) is 85.2 Å². The van der Waals surface area contributed by atoms with Gasteiger partial charge in [-0.15, -0.1) is 0 Å². The Balaban J connectivity index is 1.62. The lowest BCUT2D eigenvalue weighted by Crippen LogP contribution is -1.98. The average molecular weight is 418 g/mol. The summed E-state index contributed by atoms with van der Waals surface area (Å²) in [4.78, 5) is 13.8. The lowest BCUT2D eigenvalue weighted by Gasteiger charge is -2.14. The van der Waals surface area contributed by atoms with Gasteiger partial charge in [0.15, 0.2) is 5.75 Å². The second-order valence-corrected chi connectivity index (χ2v) is 7.96. The summed E-state index contributed by atoms with van der Waals surface area (Å²) < 4.78 is 6.48. The Morgan fingerprint density at radius 3 is 2.28 bits per heavy atom. The molecule has 0 aliphatic heterocycles. The van der Waals surface area contributed by atoms with Crippen molar-refractivity contribution < 1.29 is 4.74 Å². The number of ether oxygens (including phenoxy) is 1. The Morgan fingerprint density at radius 1 is 0.688 bits per heavy atom. The van der Waals surface area contributed by atoms with E-state index in [1.807, 2.05) is 50.2 Å². The summed E-state index contributed by atoms with van der Waals surface area (Å²) in [7, 11) is 0. The van der Waals surface area contributed by atoms with Crippen LogP contribution in [0.2, 0.25) is 0 Å². The zero-order valence-electron chi connectivity index (χ0n) is 18.3. The number of nitrogens with zero attached hydrogens (tertiary/aromatic N) is 3. The molecule has 32 heavy (non-hydrogen) atoms. The Labute approximate surface area is 187 Å². The summed E-state index contributed by atoms with van der Waals surface area (Å²) >= 11 is 0. The van der Waals surface area contributed by atoms with Gasteiger partial charge < -0.3 is 4.74 Å². The van der Waals surface area contributed by atoms with Crippen LogP contribution in [0.5, 0.6) is 11.5 Å². The molecule has 5 rings (SSSR count). The quantitative estimate of drug-likeness (QED) is 0.314. The predicted molar refractivity (Wildman–Crippen MR) is 129 cm³/mol. The van der Waals surface area contributed by atoms with E-state index in [2.05, 4.69) is 53.3 Å². The Kier molecular flexibility index (Phi) is 5.12. The number of aromatic nitrogens is 3. The molecule has 0 amide bonds. The molecule has 0 N–H and O–H groups in total. The van der Waals surface area contributed by atoms with E-state index in [9.17, 15) is 0 Å². The average Bonchev–Trinajstić information content (AvgIpc) is 2.82. The number of hydrogen-bond acceptors (Lipinski definition) is 4. The van der Waals surface area contributed by atoms with Gasteiger partial charge in [0.2, 0.25) is 0 Å². The van der Waals surface area contributed by atoms with E-state index in [1.54, 1.807) is 12.4 Å². The first-order valence-electron chi connectivity index (χ1n) is 10.6. The molecule has 0 atom stereocenters. The highest BCUT2D eigenvalue weighted by Gasteiger charge is 2.15. The van der Waals surface area contributed by atoms with Crippen molar-refractivity contribution in [2.24, 2.45) is 0 Å². The van der Waals surface area contributed by atoms with E-state index in [4.69, 9.17) is 9.72 Å². The van der Waals surface area contributed by atoms with E-state index in [1.165, 1.54) is 5.56 Å². The van der Waals surface area contributed by atoms with Gasteiger partial charge in [0.05, 0.1) is 11.2 Å². The van der Waals surface area contributed by atoms with Crippen LogP contribution in [0.25, 0.3) is 33.4 Å². The Morgan fingerprint density at radius 2 is 1.50 bits per heavy atom. The van der Waals surface area contributed by atoms with Gasteiger partial charge in [0.1, 0.15) is 11.4 Å². The highest BCUT2D eigenvalue weighted by atomic mass is 16.5. The molecular weight excluding hydrogens is 394 g/mol. The van der Waals surface area contributed by atoms with Gasteiger partial charge in [-0.05, 0) is 73.9 Å². The number of benzene rings is 2. The molecular formula is C28H23N3O. The molecule has 4 heteroatoms. The Hall–Kier alpha value is -4.05. The van der Waals surface area contributed by atoms with Crippen LogP contribution in [-0.2, 0) is 0 Å². The molecule has 0 saturated heterocycles. The molecule has 2 aromatic carbocycles. The topological polar surface area (TPSA) is 47.9 Å². The number of rotatable bonds is 4. The van der Waals surface area contributed by atoms with Crippen LogP contribution in [0.3, 0.4) is 0 Å². The third-order valence-electron chi connectivity index (χ3n) is 5.65. The molecule has 0 unspecified atom stereocenters. The zero-order chi connectivity index (χ0) is 22.1. The highest BCUT2D eigenvalue weighted by Crippen LogP contribution is 2.36. The molecule has 156 valence electrons. The summed E-state index contributed by atoms with van der Waals surface area (Å²) in [6.07, 6.45) is 3.55. The van der Waals surface area contributed by atoms with Crippen molar-refractivity contribution in [3.05, 3.63) is 102 Å². The lowest BCUT2D eigenvalue weighted by atomic mass is 10.0. The van der Waals surface area contributed by atoms with E-state index >= 15 is 0 Å². The third-order valence-corrected chi connectivity index (χ3v) is 5.65. The van der Waals surface area contributed by atoms with Crippen LogP contribution in [-0.4, -0.2) is 15.0 Å². The molecule has 0 bridgehead atoms. The number of fused-ring (bicyclic) bond motifs is 1. The van der Waals surface area contributed by atoms with E-state index in [-0.39, 0.29) is 0 Å². The first-order chi connectivity index (χ1) is 15.6. The number of hydrogen-bond donors (Lipinski definition) is 0. The maximum atomic E-state index is 6.48. The van der Waals surface area contributed by atoms with Crippen LogP contribution in [0.1, 0.15) is 16.8 Å². The fraction of sp³-hybridized carbons (Fsp3) is 0.107. The van der Waals surface area contributed by atoms with Crippen LogP contribution < -0.4 is 4.74 Å². The molecule has 0 fully saturated rings. The smallest absolute Gasteiger partial charge is 0.155 e. The molecule has 0 radical (unpaired) electrons. The maximum Gasteiger partial charge on any atom is 0.155 e. The van der Waals surface area contributed by atoms with Gasteiger partial charge in [-0.2, -0.15) is 0 Å². The number of pyridine rings is 3. The highest BCUT2D eigenvalue weighted by molar-refractivity contribution is 5.89. The number of aryl methyl sites for hydroxylation is 3. The van der Waals surface area contributed by atoms with Crippen LogP contribution in [0.4, 0.5) is 0 Å². The first kappa shape index (κ1) is 19.9. The zero-order valence-corrected chi connectivity index (χ0v) is 18.3. The first-order valence-corrected chi connectivity index (χ1v) is 10.6. The summed E-state index contributed by atoms with van der Waals surface area (Å²) in [6.45, 7) is 6.13. The van der Waals surface area contributed by atoms with Gasteiger partial charge in [0, 0.05) is 23.5 Å². The molecule has 0 saturated carbocycles. The van der Waals surface area contributed by atoms with Crippen molar-refractivity contribution in [1.82, 2.24) is 15.0 Å². The second-order valence-electron chi connectivity index (χ2n) is 7.96. The van der Waals surface area contributed by atoms with Crippen molar-refractivity contribution in [2.75, 3.05) is 0 Å². The minimum atomic E-state index is 0.681. The van der Waals surface area contributed by atoms with Gasteiger partial charge in [-0.25, -0.2) is 4.98 Å². The van der Waals surface area contributed by atoms with E-state index < -0.39 is 0 Å². The van der Waals surface area contributed by atoms with Crippen molar-refractivity contribution in [2.45, 2.75) is 20.8 Å². The summed E-state index contributed by atoms with van der Waals surface area (Å²) in [6, 6.07) is 24.5. The van der Waals surface area contributed by atoms with E-state index in [0.717, 1.165) is 50.4 Å². The van der Waals surface area contributed by atoms with Gasteiger partial charge in [-0.3, -0.25) is 9.97 Å². The van der Waals surface area contributed by atoms with Gasteiger partial charge in [-0.1, -0.05) is 42.0 Å². The SMILES string of the molecule is Cc1ccc(-c2ccc3nccc(Oc4cc(C)c(C)nc4-c4ccccn4)c3c2)cc1. The fourth-order valence-electron chi connectivity index (χ4n) is 3.70. The second kappa shape index (κ2) is 8.23. The molecule has 3 aromatic heterocycles. The normalized spacial score (nSPS) is 11.0. The molecule has 5 aromatic rings. The Bertz CT molecular complexity index is 1410. The fourth-order valence-corrected chi connectivity index (χ4v) is 3.70. The lowest BCUT2D eigenvalue weighted by molar-refractivity contribution is 0.486. The largest absolute Gasteiger partial charge is 0.454 e. The minimum Gasteiger partial charge on any atom is -0.454 e. The summed E-state index contributed by atoms with van der Waals surface area (Å²) in [5.74, 6) is 1.42. The molecule has 0 aliphatic carbocycles. The van der Waals surface area contributed by atoms with Crippen molar-refractivity contribution in [1.29, 1.82) is 0 Å². The van der Waals surface area contributed by atoms with Crippen molar-refractivity contribution >= 4 is 10.9 Å². The van der Waals surface area contributed by atoms with Crippen molar-refractivity contribution in [3.63, 3.8) is 0 Å². The monoisotopic (exact) mass is 417 g/mol. The minimum absolute atomic E-state index is 0.681. The molecule has 0 aliphatic rings. The molecule has 0 spiro atoms. The molecule has 4 nitrogen and oxygen atoms in total. The predicted octanol–water partition coefficient (Wildman–Crippen LogP) is 7.08. The third kappa shape index (κ3) is 3.83. The van der Waals surface area contributed by atoms with E-state index in [0.29, 0.717) is 5.75 Å². The van der Waals surface area contributed by atoms with Crippen molar-refractivity contribution in [3.8, 4) is 34.0 Å². The summed E-state index contributed by atoms with van der Waals surface area (Å²) in [5, 5.41) is 0.954. The maximum absolute atomic E-state index is 6.48. The summed E-state index contributed by atoms with van der Waals surface area (Å²) in [5.41, 5.74) is 7.95. The van der Waals surface area contributed by atoms with Crippen LogP contribution >= 0.6 is 0 Å².